The highest BCUT2D eigenvalue weighted by molar-refractivity contribution is 7.98. The molecule has 0 bridgehead atoms. The zero-order chi connectivity index (χ0) is 8.81. The molecule has 0 heterocycles. The van der Waals surface area contributed by atoms with Crippen molar-refractivity contribution in [1.29, 1.82) is 0 Å². The summed E-state index contributed by atoms with van der Waals surface area (Å²) >= 11 is 1.76. The molecule has 0 radical (unpaired) electrons. The van der Waals surface area contributed by atoms with Crippen LogP contribution in [0.5, 0.6) is 0 Å². The Labute approximate surface area is 77.5 Å². The first-order valence-electron chi connectivity index (χ1n) is 3.90. The summed E-state index contributed by atoms with van der Waals surface area (Å²) in [5.41, 5.74) is 6.59. The average molecular weight is 182 g/mol. The Hall–Kier alpha value is -0.510. The highest BCUT2D eigenvalue weighted by Gasteiger charge is 1.91. The Kier molecular flexibility index (Phi) is 4.14. The fraction of sp³-hybridized carbons (Fsp3) is 0.333. The quantitative estimate of drug-likeness (QED) is 0.546. The van der Waals surface area contributed by atoms with Gasteiger partial charge in [0.25, 0.3) is 0 Å². The van der Waals surface area contributed by atoms with Crippen LogP contribution in [-0.2, 0) is 6.54 Å². The minimum atomic E-state index is 0.532. The summed E-state index contributed by atoms with van der Waals surface area (Å²) in [6.45, 7) is 1.38. The normalized spacial score (nSPS) is 10.2. The highest BCUT2D eigenvalue weighted by Crippen LogP contribution is 2.14. The lowest BCUT2D eigenvalue weighted by atomic mass is 10.2. The van der Waals surface area contributed by atoms with Crippen molar-refractivity contribution in [2.45, 2.75) is 11.4 Å². The van der Waals surface area contributed by atoms with Crippen LogP contribution in [0.15, 0.2) is 29.2 Å². The monoisotopic (exact) mass is 182 g/mol. The lowest BCUT2D eigenvalue weighted by molar-refractivity contribution is 0.708. The Morgan fingerprint density at radius 1 is 1.33 bits per heavy atom. The van der Waals surface area contributed by atoms with Crippen molar-refractivity contribution in [2.75, 3.05) is 12.9 Å². The Morgan fingerprint density at radius 2 is 2.00 bits per heavy atom. The fourth-order valence-corrected chi connectivity index (χ4v) is 1.37. The van der Waals surface area contributed by atoms with Crippen molar-refractivity contribution in [2.24, 2.45) is 5.73 Å². The van der Waals surface area contributed by atoms with Crippen molar-refractivity contribution in [3.63, 3.8) is 0 Å². The van der Waals surface area contributed by atoms with Crippen molar-refractivity contribution < 1.29 is 0 Å². The van der Waals surface area contributed by atoms with E-state index in [1.165, 1.54) is 10.5 Å². The summed E-state index contributed by atoms with van der Waals surface area (Å²) in [5.74, 6) is 0. The molecular formula is C9H14N2S. The van der Waals surface area contributed by atoms with Gasteiger partial charge >= 0.3 is 0 Å². The maximum Gasteiger partial charge on any atom is 0.0431 e. The van der Waals surface area contributed by atoms with Gasteiger partial charge in [-0.25, -0.2) is 0 Å². The Balaban J connectivity index is 2.53. The predicted octanol–water partition coefficient (Wildman–Crippen LogP) is 1.41. The number of thioether (sulfide) groups is 1. The zero-order valence-corrected chi connectivity index (χ0v) is 8.03. The first-order valence-corrected chi connectivity index (χ1v) is 5.13. The highest BCUT2D eigenvalue weighted by atomic mass is 32.2. The van der Waals surface area contributed by atoms with Gasteiger partial charge in [-0.05, 0) is 24.0 Å². The summed E-state index contributed by atoms with van der Waals surface area (Å²) in [5, 5.41) is 3.07. The SMILES string of the molecule is CSc1ccc(CNCN)cc1. The molecule has 0 fully saturated rings. The van der Waals surface area contributed by atoms with Gasteiger partial charge < -0.3 is 11.1 Å². The van der Waals surface area contributed by atoms with Crippen LogP contribution in [0, 0.1) is 0 Å². The van der Waals surface area contributed by atoms with E-state index < -0.39 is 0 Å². The van der Waals surface area contributed by atoms with Gasteiger partial charge in [-0.1, -0.05) is 12.1 Å². The number of rotatable bonds is 4. The third-order valence-electron chi connectivity index (χ3n) is 1.63. The molecule has 0 saturated heterocycles. The largest absolute Gasteiger partial charge is 0.318 e. The molecule has 3 N–H and O–H groups in total. The molecule has 66 valence electrons. The van der Waals surface area contributed by atoms with Crippen molar-refractivity contribution in [3.8, 4) is 0 Å². The second-order valence-corrected chi connectivity index (χ2v) is 3.36. The minimum absolute atomic E-state index is 0.532. The van der Waals surface area contributed by atoms with Crippen LogP contribution in [-0.4, -0.2) is 12.9 Å². The number of hydrogen-bond donors (Lipinski definition) is 2. The van der Waals surface area contributed by atoms with E-state index in [1.54, 1.807) is 11.8 Å². The molecule has 0 atom stereocenters. The molecule has 0 aliphatic heterocycles. The number of nitrogens with two attached hydrogens (primary N) is 1. The molecule has 12 heavy (non-hydrogen) atoms. The molecule has 0 aliphatic rings. The van der Waals surface area contributed by atoms with Gasteiger partial charge in [0.2, 0.25) is 0 Å². The maximum absolute atomic E-state index is 5.32. The first-order chi connectivity index (χ1) is 5.86. The molecule has 0 aromatic heterocycles. The summed E-state index contributed by atoms with van der Waals surface area (Å²) in [6.07, 6.45) is 2.08. The van der Waals surface area contributed by atoms with E-state index in [4.69, 9.17) is 5.73 Å². The topological polar surface area (TPSA) is 38.0 Å². The Morgan fingerprint density at radius 3 is 2.50 bits per heavy atom. The fourth-order valence-electron chi connectivity index (χ4n) is 0.960. The van der Waals surface area contributed by atoms with E-state index in [0.717, 1.165) is 6.54 Å². The van der Waals surface area contributed by atoms with E-state index in [2.05, 4.69) is 35.8 Å². The smallest absolute Gasteiger partial charge is 0.0431 e. The summed E-state index contributed by atoms with van der Waals surface area (Å²) in [4.78, 5) is 1.30. The van der Waals surface area contributed by atoms with E-state index in [9.17, 15) is 0 Å². The first kappa shape index (κ1) is 9.58. The summed E-state index contributed by atoms with van der Waals surface area (Å²) < 4.78 is 0. The summed E-state index contributed by atoms with van der Waals surface area (Å²) in [7, 11) is 0. The average Bonchev–Trinajstić information content (AvgIpc) is 2.15. The van der Waals surface area contributed by atoms with Gasteiger partial charge in [-0.2, -0.15) is 0 Å². The molecule has 3 heteroatoms. The molecule has 1 aromatic carbocycles. The Bertz CT molecular complexity index is 220. The van der Waals surface area contributed by atoms with Gasteiger partial charge in [0.1, 0.15) is 0 Å². The third-order valence-corrected chi connectivity index (χ3v) is 2.38. The van der Waals surface area contributed by atoms with Crippen molar-refractivity contribution in [3.05, 3.63) is 29.8 Å². The maximum atomic E-state index is 5.32. The molecule has 1 rings (SSSR count). The van der Waals surface area contributed by atoms with Crippen LogP contribution in [0.4, 0.5) is 0 Å². The van der Waals surface area contributed by atoms with E-state index >= 15 is 0 Å². The standard InChI is InChI=1S/C9H14N2S/c1-12-9-4-2-8(3-5-9)6-11-7-10/h2-5,11H,6-7,10H2,1H3. The van der Waals surface area contributed by atoms with Crippen LogP contribution in [0.25, 0.3) is 0 Å². The van der Waals surface area contributed by atoms with Gasteiger partial charge in [0.05, 0.1) is 0 Å². The van der Waals surface area contributed by atoms with Crippen molar-refractivity contribution in [1.82, 2.24) is 5.32 Å². The molecule has 0 saturated carbocycles. The van der Waals surface area contributed by atoms with Crippen molar-refractivity contribution >= 4 is 11.8 Å². The molecule has 0 unspecified atom stereocenters. The van der Waals surface area contributed by atoms with Gasteiger partial charge in [0, 0.05) is 18.1 Å². The second-order valence-electron chi connectivity index (χ2n) is 2.48. The lowest BCUT2D eigenvalue weighted by Gasteiger charge is -2.02. The van der Waals surface area contributed by atoms with E-state index in [1.807, 2.05) is 0 Å². The molecule has 0 spiro atoms. The van der Waals surface area contributed by atoms with E-state index in [0.29, 0.717) is 6.67 Å². The second kappa shape index (κ2) is 5.19. The van der Waals surface area contributed by atoms with Crippen LogP contribution in [0.3, 0.4) is 0 Å². The van der Waals surface area contributed by atoms with Crippen LogP contribution < -0.4 is 11.1 Å². The van der Waals surface area contributed by atoms with Gasteiger partial charge in [-0.15, -0.1) is 11.8 Å². The summed E-state index contributed by atoms with van der Waals surface area (Å²) in [6, 6.07) is 8.49. The minimum Gasteiger partial charge on any atom is -0.318 e. The number of nitrogens with one attached hydrogen (secondary N) is 1. The lowest BCUT2D eigenvalue weighted by Crippen LogP contribution is -2.21. The van der Waals surface area contributed by atoms with E-state index in [-0.39, 0.29) is 0 Å². The molecular weight excluding hydrogens is 168 g/mol. The number of hydrogen-bond acceptors (Lipinski definition) is 3. The zero-order valence-electron chi connectivity index (χ0n) is 7.21. The van der Waals surface area contributed by atoms with Gasteiger partial charge in [0.15, 0.2) is 0 Å². The third kappa shape index (κ3) is 2.85. The molecule has 1 aromatic rings. The molecule has 0 amide bonds. The predicted molar refractivity (Wildman–Crippen MR) is 54.1 cm³/mol. The van der Waals surface area contributed by atoms with Crippen LogP contribution in [0.2, 0.25) is 0 Å². The molecule has 0 aliphatic carbocycles. The number of benzene rings is 1. The molecule has 2 nitrogen and oxygen atoms in total. The van der Waals surface area contributed by atoms with Gasteiger partial charge in [-0.3, -0.25) is 0 Å². The van der Waals surface area contributed by atoms with Crippen LogP contribution >= 0.6 is 11.8 Å². The van der Waals surface area contributed by atoms with Crippen LogP contribution in [0.1, 0.15) is 5.56 Å².